The van der Waals surface area contributed by atoms with E-state index in [2.05, 4.69) is 15.3 Å². The summed E-state index contributed by atoms with van der Waals surface area (Å²) in [6, 6.07) is 9.93. The summed E-state index contributed by atoms with van der Waals surface area (Å²) in [7, 11) is 0. The molecule has 1 aromatic carbocycles. The van der Waals surface area contributed by atoms with Crippen molar-refractivity contribution in [2.24, 2.45) is 5.41 Å². The van der Waals surface area contributed by atoms with Crippen LogP contribution in [0.4, 0.5) is 0 Å². The van der Waals surface area contributed by atoms with E-state index in [9.17, 15) is 4.79 Å². The number of imidazole rings is 1. The van der Waals surface area contributed by atoms with E-state index >= 15 is 0 Å². The minimum atomic E-state index is -0.766. The van der Waals surface area contributed by atoms with Gasteiger partial charge in [0.05, 0.1) is 5.41 Å². The van der Waals surface area contributed by atoms with Gasteiger partial charge in [0.1, 0.15) is 5.82 Å². The van der Waals surface area contributed by atoms with E-state index in [0.29, 0.717) is 19.5 Å². The lowest BCUT2D eigenvalue weighted by Gasteiger charge is -2.18. The minimum Gasteiger partial charge on any atom is -0.481 e. The Bertz CT molecular complexity index is 591. The third-order valence-electron chi connectivity index (χ3n) is 3.50. The van der Waals surface area contributed by atoms with Crippen LogP contribution < -0.4 is 5.32 Å². The van der Waals surface area contributed by atoms with Crippen molar-refractivity contribution in [2.75, 3.05) is 6.54 Å². The normalized spacial score (nSPS) is 11.5. The predicted octanol–water partition coefficient (Wildman–Crippen LogP) is 2.67. The zero-order chi connectivity index (χ0) is 15.3. The topological polar surface area (TPSA) is 78.0 Å². The van der Waals surface area contributed by atoms with Crippen molar-refractivity contribution in [3.05, 3.63) is 42.2 Å². The summed E-state index contributed by atoms with van der Waals surface area (Å²) < 4.78 is 0. The highest BCUT2D eigenvalue weighted by Crippen LogP contribution is 2.19. The van der Waals surface area contributed by atoms with Gasteiger partial charge in [0.25, 0.3) is 0 Å². The first kappa shape index (κ1) is 15.3. The Hall–Kier alpha value is -2.14. The van der Waals surface area contributed by atoms with Gasteiger partial charge in [-0.25, -0.2) is 4.98 Å². The van der Waals surface area contributed by atoms with Crippen molar-refractivity contribution in [2.45, 2.75) is 26.8 Å². The van der Waals surface area contributed by atoms with Gasteiger partial charge in [0.2, 0.25) is 0 Å². The number of rotatable bonds is 7. The van der Waals surface area contributed by atoms with Crippen LogP contribution in [-0.2, 0) is 11.3 Å². The number of nitrogens with one attached hydrogen (secondary N) is 2. The number of benzene rings is 1. The molecule has 0 atom stereocenters. The largest absolute Gasteiger partial charge is 0.481 e. The van der Waals surface area contributed by atoms with Crippen molar-refractivity contribution in [1.29, 1.82) is 0 Å². The van der Waals surface area contributed by atoms with Crippen LogP contribution >= 0.6 is 0 Å². The second-order valence-electron chi connectivity index (χ2n) is 5.74. The Labute approximate surface area is 124 Å². The van der Waals surface area contributed by atoms with Crippen LogP contribution in [0.2, 0.25) is 0 Å². The van der Waals surface area contributed by atoms with Crippen molar-refractivity contribution >= 4 is 5.97 Å². The molecule has 0 spiro atoms. The first-order valence-electron chi connectivity index (χ1n) is 7.02. The van der Waals surface area contributed by atoms with Crippen LogP contribution in [-0.4, -0.2) is 27.6 Å². The summed E-state index contributed by atoms with van der Waals surface area (Å²) in [5, 5.41) is 12.3. The quantitative estimate of drug-likeness (QED) is 0.684. The molecule has 0 saturated carbocycles. The van der Waals surface area contributed by atoms with E-state index in [-0.39, 0.29) is 0 Å². The molecule has 1 aromatic heterocycles. The van der Waals surface area contributed by atoms with Crippen LogP contribution in [0.1, 0.15) is 26.0 Å². The zero-order valence-corrected chi connectivity index (χ0v) is 12.4. The van der Waals surface area contributed by atoms with Crippen LogP contribution in [0.15, 0.2) is 36.5 Å². The number of nitrogens with zero attached hydrogens (tertiary/aromatic N) is 1. The van der Waals surface area contributed by atoms with Gasteiger partial charge in [-0.1, -0.05) is 30.3 Å². The summed E-state index contributed by atoms with van der Waals surface area (Å²) >= 11 is 0. The van der Waals surface area contributed by atoms with Crippen LogP contribution in [0.5, 0.6) is 0 Å². The lowest BCUT2D eigenvalue weighted by atomic mass is 9.90. The molecule has 0 fully saturated rings. The highest BCUT2D eigenvalue weighted by atomic mass is 16.4. The maximum Gasteiger partial charge on any atom is 0.309 e. The third-order valence-corrected chi connectivity index (χ3v) is 3.50. The standard InChI is InChI=1S/C16H21N3O2/c1-16(2,15(20)21)8-9-17-10-13-11-18-14(19-13)12-6-4-3-5-7-12/h3-7,11,17H,8-10H2,1-2H3,(H,18,19)(H,20,21). The summed E-state index contributed by atoms with van der Waals surface area (Å²) in [6.45, 7) is 4.77. The van der Waals surface area contributed by atoms with Gasteiger partial charge in [-0.3, -0.25) is 4.79 Å². The molecule has 0 saturated heterocycles. The van der Waals surface area contributed by atoms with Gasteiger partial charge in [0, 0.05) is 24.0 Å². The molecule has 0 unspecified atom stereocenters. The van der Waals surface area contributed by atoms with Crippen molar-refractivity contribution < 1.29 is 9.90 Å². The molecule has 3 N–H and O–H groups in total. The SMILES string of the molecule is CC(C)(CCNCc1cnc(-c2ccccc2)[nH]1)C(=O)O. The molecule has 5 heteroatoms. The summed E-state index contributed by atoms with van der Waals surface area (Å²) in [4.78, 5) is 18.6. The van der Waals surface area contributed by atoms with Crippen molar-refractivity contribution in [1.82, 2.24) is 15.3 Å². The van der Waals surface area contributed by atoms with E-state index in [1.165, 1.54) is 0 Å². The lowest BCUT2D eigenvalue weighted by Crippen LogP contribution is -2.28. The van der Waals surface area contributed by atoms with Gasteiger partial charge in [-0.05, 0) is 26.8 Å². The van der Waals surface area contributed by atoms with Gasteiger partial charge in [-0.2, -0.15) is 0 Å². The molecule has 112 valence electrons. The second-order valence-corrected chi connectivity index (χ2v) is 5.74. The molecule has 0 aliphatic carbocycles. The average molecular weight is 287 g/mol. The Balaban J connectivity index is 1.83. The first-order valence-corrected chi connectivity index (χ1v) is 7.02. The monoisotopic (exact) mass is 287 g/mol. The average Bonchev–Trinajstić information content (AvgIpc) is 2.93. The molecular weight excluding hydrogens is 266 g/mol. The Morgan fingerprint density at radius 3 is 2.71 bits per heavy atom. The summed E-state index contributed by atoms with van der Waals surface area (Å²) in [5.74, 6) is 0.0791. The fourth-order valence-electron chi connectivity index (χ4n) is 1.92. The molecule has 21 heavy (non-hydrogen) atoms. The second kappa shape index (κ2) is 6.54. The number of aliphatic carboxylic acids is 1. The molecule has 2 aromatic rings. The van der Waals surface area contributed by atoms with Crippen LogP contribution in [0.3, 0.4) is 0 Å². The summed E-state index contributed by atoms with van der Waals surface area (Å²) in [6.07, 6.45) is 2.39. The highest BCUT2D eigenvalue weighted by Gasteiger charge is 2.26. The van der Waals surface area contributed by atoms with E-state index in [4.69, 9.17) is 5.11 Å². The molecule has 5 nitrogen and oxygen atoms in total. The van der Waals surface area contributed by atoms with Crippen molar-refractivity contribution in [3.63, 3.8) is 0 Å². The molecule has 0 aliphatic rings. The van der Waals surface area contributed by atoms with E-state index in [1.807, 2.05) is 30.3 Å². The summed E-state index contributed by atoms with van der Waals surface area (Å²) in [5.41, 5.74) is 1.34. The molecule has 0 bridgehead atoms. The molecule has 1 heterocycles. The Kier molecular flexibility index (Phi) is 4.75. The molecular formula is C16H21N3O2. The Morgan fingerprint density at radius 2 is 2.05 bits per heavy atom. The van der Waals surface area contributed by atoms with Gasteiger partial charge >= 0.3 is 5.97 Å². The number of aromatic amines is 1. The maximum absolute atomic E-state index is 11.0. The number of aromatic nitrogens is 2. The van der Waals surface area contributed by atoms with Gasteiger partial charge < -0.3 is 15.4 Å². The number of hydrogen-bond acceptors (Lipinski definition) is 3. The first-order chi connectivity index (χ1) is 9.99. The molecule has 0 aliphatic heterocycles. The Morgan fingerprint density at radius 1 is 1.33 bits per heavy atom. The molecule has 2 rings (SSSR count). The fourth-order valence-corrected chi connectivity index (χ4v) is 1.92. The number of carboxylic acid groups (broad SMARTS) is 1. The maximum atomic E-state index is 11.0. The predicted molar refractivity (Wildman–Crippen MR) is 81.8 cm³/mol. The van der Waals surface area contributed by atoms with Crippen LogP contribution in [0.25, 0.3) is 11.4 Å². The van der Waals surface area contributed by atoms with E-state index < -0.39 is 11.4 Å². The third kappa shape index (κ3) is 4.16. The highest BCUT2D eigenvalue weighted by molar-refractivity contribution is 5.73. The van der Waals surface area contributed by atoms with Gasteiger partial charge in [-0.15, -0.1) is 0 Å². The van der Waals surface area contributed by atoms with Crippen LogP contribution in [0, 0.1) is 5.41 Å². The number of carboxylic acids is 1. The minimum absolute atomic E-state index is 0.585. The lowest BCUT2D eigenvalue weighted by molar-refractivity contribution is -0.147. The van der Waals surface area contributed by atoms with E-state index in [0.717, 1.165) is 17.1 Å². The fraction of sp³-hybridized carbons (Fsp3) is 0.375. The van der Waals surface area contributed by atoms with E-state index in [1.54, 1.807) is 20.0 Å². The number of hydrogen-bond donors (Lipinski definition) is 3. The van der Waals surface area contributed by atoms with Gasteiger partial charge in [0.15, 0.2) is 0 Å². The number of H-pyrrole nitrogens is 1. The van der Waals surface area contributed by atoms with Crippen molar-refractivity contribution in [3.8, 4) is 11.4 Å². The molecule has 0 radical (unpaired) electrons. The number of carbonyl (C=O) groups is 1. The smallest absolute Gasteiger partial charge is 0.309 e. The molecule has 0 amide bonds. The zero-order valence-electron chi connectivity index (χ0n) is 12.4.